The average molecular weight is 263 g/mol. The first-order valence-electron chi connectivity index (χ1n) is 6.46. The molecule has 5 heteroatoms. The second-order valence-corrected chi connectivity index (χ2v) is 5.03. The number of nitrogens with zero attached hydrogens (tertiary/aromatic N) is 2. The van der Waals surface area contributed by atoms with Crippen molar-refractivity contribution >= 4 is 11.6 Å². The molecule has 1 aliphatic rings. The zero-order chi connectivity index (χ0) is 14.0. The Bertz CT molecular complexity index is 476. The van der Waals surface area contributed by atoms with Crippen LogP contribution in [0.3, 0.4) is 0 Å². The predicted molar refractivity (Wildman–Crippen MR) is 75.4 cm³/mol. The van der Waals surface area contributed by atoms with Crippen LogP contribution in [0.4, 0.5) is 5.69 Å². The smallest absolute Gasteiger partial charge is 0.260 e. The van der Waals surface area contributed by atoms with Crippen LogP contribution >= 0.6 is 0 Å². The standard InChI is InChI=1S/C14H21N3O2/c1-10-9-16(2)7-8-17(10)14(18)13-11(15)5-4-6-12(13)19-3/h4-6,10H,7-9,15H2,1-3H3. The fourth-order valence-electron chi connectivity index (χ4n) is 2.53. The summed E-state index contributed by atoms with van der Waals surface area (Å²) >= 11 is 0. The van der Waals surface area contributed by atoms with Crippen LogP contribution < -0.4 is 10.5 Å². The van der Waals surface area contributed by atoms with Crippen molar-refractivity contribution in [1.29, 1.82) is 0 Å². The van der Waals surface area contributed by atoms with Crippen LogP contribution in [0, 0.1) is 0 Å². The topological polar surface area (TPSA) is 58.8 Å². The first-order chi connectivity index (χ1) is 9.04. The molecular formula is C14H21N3O2. The van der Waals surface area contributed by atoms with E-state index in [9.17, 15) is 4.79 Å². The van der Waals surface area contributed by atoms with Gasteiger partial charge in [0.25, 0.3) is 5.91 Å². The van der Waals surface area contributed by atoms with Crippen LogP contribution in [-0.4, -0.2) is 55.5 Å². The average Bonchev–Trinajstić information content (AvgIpc) is 2.37. The lowest BCUT2D eigenvalue weighted by Gasteiger charge is -2.38. The highest BCUT2D eigenvalue weighted by atomic mass is 16.5. The van der Waals surface area contributed by atoms with Crippen LogP contribution in [0.25, 0.3) is 0 Å². The summed E-state index contributed by atoms with van der Waals surface area (Å²) < 4.78 is 5.26. The van der Waals surface area contributed by atoms with Crippen molar-refractivity contribution in [3.8, 4) is 5.75 Å². The van der Waals surface area contributed by atoms with Gasteiger partial charge < -0.3 is 20.3 Å². The van der Waals surface area contributed by atoms with Gasteiger partial charge in [0, 0.05) is 31.4 Å². The Morgan fingerprint density at radius 1 is 1.42 bits per heavy atom. The van der Waals surface area contributed by atoms with Gasteiger partial charge >= 0.3 is 0 Å². The third-order valence-electron chi connectivity index (χ3n) is 3.58. The van der Waals surface area contributed by atoms with Crippen LogP contribution in [-0.2, 0) is 0 Å². The molecule has 0 spiro atoms. The summed E-state index contributed by atoms with van der Waals surface area (Å²) in [4.78, 5) is 16.8. The van der Waals surface area contributed by atoms with E-state index in [2.05, 4.69) is 18.9 Å². The lowest BCUT2D eigenvalue weighted by atomic mass is 10.1. The highest BCUT2D eigenvalue weighted by Crippen LogP contribution is 2.27. The van der Waals surface area contributed by atoms with Gasteiger partial charge in [-0.3, -0.25) is 4.79 Å². The fraction of sp³-hybridized carbons (Fsp3) is 0.500. The molecular weight excluding hydrogens is 242 g/mol. The first-order valence-corrected chi connectivity index (χ1v) is 6.46. The summed E-state index contributed by atoms with van der Waals surface area (Å²) in [5.41, 5.74) is 6.88. The molecule has 2 rings (SSSR count). The van der Waals surface area contributed by atoms with Crippen LogP contribution in [0.15, 0.2) is 18.2 Å². The summed E-state index contributed by atoms with van der Waals surface area (Å²) in [5.74, 6) is 0.492. The number of benzene rings is 1. The maximum absolute atomic E-state index is 12.7. The van der Waals surface area contributed by atoms with Crippen molar-refractivity contribution in [1.82, 2.24) is 9.80 Å². The van der Waals surface area contributed by atoms with Crippen LogP contribution in [0.1, 0.15) is 17.3 Å². The van der Waals surface area contributed by atoms with Gasteiger partial charge in [0.1, 0.15) is 11.3 Å². The number of ether oxygens (including phenoxy) is 1. The molecule has 5 nitrogen and oxygen atoms in total. The molecule has 19 heavy (non-hydrogen) atoms. The van der Waals surface area contributed by atoms with Crippen molar-refractivity contribution in [3.05, 3.63) is 23.8 Å². The second kappa shape index (κ2) is 5.48. The largest absolute Gasteiger partial charge is 0.496 e. The van der Waals surface area contributed by atoms with E-state index in [4.69, 9.17) is 10.5 Å². The summed E-state index contributed by atoms with van der Waals surface area (Å²) in [6.45, 7) is 4.53. The molecule has 1 amide bonds. The highest BCUT2D eigenvalue weighted by molar-refractivity contribution is 6.02. The molecule has 0 saturated carbocycles. The van der Waals surface area contributed by atoms with E-state index < -0.39 is 0 Å². The van der Waals surface area contributed by atoms with Crippen molar-refractivity contribution in [2.45, 2.75) is 13.0 Å². The number of rotatable bonds is 2. The minimum absolute atomic E-state index is 0.0458. The quantitative estimate of drug-likeness (QED) is 0.810. The van der Waals surface area contributed by atoms with Crippen molar-refractivity contribution in [3.63, 3.8) is 0 Å². The van der Waals surface area contributed by atoms with Gasteiger partial charge in [-0.05, 0) is 26.1 Å². The Balaban J connectivity index is 2.29. The molecule has 0 radical (unpaired) electrons. The molecule has 0 aromatic heterocycles. The molecule has 1 saturated heterocycles. The molecule has 0 bridgehead atoms. The third-order valence-corrected chi connectivity index (χ3v) is 3.58. The number of likely N-dealkylation sites (N-methyl/N-ethyl adjacent to an activating group) is 1. The minimum Gasteiger partial charge on any atom is -0.496 e. The second-order valence-electron chi connectivity index (χ2n) is 5.03. The van der Waals surface area contributed by atoms with Gasteiger partial charge in [0.2, 0.25) is 0 Å². The zero-order valence-electron chi connectivity index (χ0n) is 11.7. The summed E-state index contributed by atoms with van der Waals surface area (Å²) in [5, 5.41) is 0. The van der Waals surface area contributed by atoms with E-state index in [1.165, 1.54) is 0 Å². The van der Waals surface area contributed by atoms with Gasteiger partial charge in [-0.2, -0.15) is 0 Å². The number of hydrogen-bond donors (Lipinski definition) is 1. The van der Waals surface area contributed by atoms with E-state index in [1.54, 1.807) is 25.3 Å². The molecule has 2 N–H and O–H groups in total. The molecule has 1 aromatic rings. The van der Waals surface area contributed by atoms with E-state index in [1.807, 2.05) is 4.90 Å². The SMILES string of the molecule is COc1cccc(N)c1C(=O)N1CCN(C)CC1C. The number of nitrogens with two attached hydrogens (primary N) is 1. The Morgan fingerprint density at radius 3 is 2.79 bits per heavy atom. The zero-order valence-corrected chi connectivity index (χ0v) is 11.7. The first kappa shape index (κ1) is 13.7. The summed E-state index contributed by atoms with van der Waals surface area (Å²) in [6, 6.07) is 5.47. The Hall–Kier alpha value is -1.75. The molecule has 1 atom stereocenters. The Morgan fingerprint density at radius 2 is 2.16 bits per heavy atom. The molecule has 104 valence electrons. The molecule has 0 aliphatic carbocycles. The van der Waals surface area contributed by atoms with Crippen molar-refractivity contribution < 1.29 is 9.53 Å². The molecule has 1 heterocycles. The minimum atomic E-state index is -0.0458. The maximum Gasteiger partial charge on any atom is 0.260 e. The summed E-state index contributed by atoms with van der Waals surface area (Å²) in [6.07, 6.45) is 0. The van der Waals surface area contributed by atoms with E-state index in [-0.39, 0.29) is 11.9 Å². The van der Waals surface area contributed by atoms with Gasteiger partial charge in [0.05, 0.1) is 7.11 Å². The van der Waals surface area contributed by atoms with Gasteiger partial charge in [-0.1, -0.05) is 6.07 Å². The number of carbonyl (C=O) groups excluding carboxylic acids is 1. The van der Waals surface area contributed by atoms with E-state index >= 15 is 0 Å². The van der Waals surface area contributed by atoms with Crippen LogP contribution in [0.2, 0.25) is 0 Å². The van der Waals surface area contributed by atoms with Crippen LogP contribution in [0.5, 0.6) is 5.75 Å². The number of piperazine rings is 1. The van der Waals surface area contributed by atoms with Gasteiger partial charge in [0.15, 0.2) is 0 Å². The Labute approximate surface area is 113 Å². The van der Waals surface area contributed by atoms with Gasteiger partial charge in [-0.15, -0.1) is 0 Å². The van der Waals surface area contributed by atoms with E-state index in [0.717, 1.165) is 13.1 Å². The van der Waals surface area contributed by atoms with Crippen molar-refractivity contribution in [2.24, 2.45) is 0 Å². The number of anilines is 1. The number of nitrogen functional groups attached to an aromatic ring is 1. The highest BCUT2D eigenvalue weighted by Gasteiger charge is 2.29. The monoisotopic (exact) mass is 263 g/mol. The predicted octanol–water partition coefficient (Wildman–Crippen LogP) is 1.05. The number of amides is 1. The van der Waals surface area contributed by atoms with E-state index in [0.29, 0.717) is 23.5 Å². The van der Waals surface area contributed by atoms with Gasteiger partial charge in [-0.25, -0.2) is 0 Å². The Kier molecular flexibility index (Phi) is 3.95. The number of carbonyl (C=O) groups is 1. The molecule has 1 fully saturated rings. The van der Waals surface area contributed by atoms with Crippen molar-refractivity contribution in [2.75, 3.05) is 39.5 Å². The molecule has 1 aliphatic heterocycles. The summed E-state index contributed by atoms with van der Waals surface area (Å²) in [7, 11) is 3.62. The normalized spacial score (nSPS) is 20.4. The molecule has 1 unspecified atom stereocenters. The lowest BCUT2D eigenvalue weighted by Crippen LogP contribution is -2.52. The maximum atomic E-state index is 12.7. The lowest BCUT2D eigenvalue weighted by molar-refractivity contribution is 0.0531. The fourth-order valence-corrected chi connectivity index (χ4v) is 2.53. The third kappa shape index (κ3) is 2.66. The number of methoxy groups -OCH3 is 1. The number of hydrogen-bond acceptors (Lipinski definition) is 4. The molecule has 1 aromatic carbocycles.